The van der Waals surface area contributed by atoms with Crippen molar-refractivity contribution in [3.05, 3.63) is 28.9 Å². The molecule has 0 aromatic carbocycles. The summed E-state index contributed by atoms with van der Waals surface area (Å²) in [4.78, 5) is 25.3. The third-order valence-electron chi connectivity index (χ3n) is 3.23. The molecular formula is C14H15N2O3S2-. The zero-order chi connectivity index (χ0) is 15.6. The summed E-state index contributed by atoms with van der Waals surface area (Å²) in [5, 5.41) is 11.2. The molecule has 1 aromatic rings. The van der Waals surface area contributed by atoms with Gasteiger partial charge in [-0.25, -0.2) is 0 Å². The third-order valence-corrected chi connectivity index (χ3v) is 4.56. The summed E-state index contributed by atoms with van der Waals surface area (Å²) < 4.78 is 2.14. The summed E-state index contributed by atoms with van der Waals surface area (Å²) in [7, 11) is 1.87. The van der Waals surface area contributed by atoms with Crippen LogP contribution < -0.4 is 5.11 Å². The summed E-state index contributed by atoms with van der Waals surface area (Å²) >= 11 is 6.29. The summed E-state index contributed by atoms with van der Waals surface area (Å²) in [6, 6.07) is 2.74. The number of thioether (sulfide) groups is 1. The molecule has 0 N–H and O–H groups in total. The Labute approximate surface area is 132 Å². The number of hydrogen-bond donors (Lipinski definition) is 0. The highest BCUT2D eigenvalue weighted by Gasteiger charge is 2.37. The largest absolute Gasteiger partial charge is 0.548 e. The predicted molar refractivity (Wildman–Crippen MR) is 84.1 cm³/mol. The molecule has 2 heterocycles. The summed E-state index contributed by atoms with van der Waals surface area (Å²) in [6.07, 6.45) is 4.55. The fourth-order valence-electron chi connectivity index (χ4n) is 2.13. The van der Waals surface area contributed by atoms with Crippen molar-refractivity contribution in [2.45, 2.75) is 25.8 Å². The molecule has 0 spiro atoms. The van der Waals surface area contributed by atoms with Crippen LogP contribution in [0.1, 0.15) is 25.5 Å². The van der Waals surface area contributed by atoms with E-state index in [1.165, 1.54) is 0 Å². The lowest BCUT2D eigenvalue weighted by Gasteiger charge is -2.27. The molecule has 2 rings (SSSR count). The highest BCUT2D eigenvalue weighted by Crippen LogP contribution is 2.34. The van der Waals surface area contributed by atoms with E-state index < -0.39 is 12.0 Å². The topological polar surface area (TPSA) is 65.4 Å². The monoisotopic (exact) mass is 323 g/mol. The zero-order valence-corrected chi connectivity index (χ0v) is 13.4. The number of carboxylic acid groups (broad SMARTS) is 1. The van der Waals surface area contributed by atoms with Crippen LogP contribution in [-0.2, 0) is 16.6 Å². The van der Waals surface area contributed by atoms with Crippen molar-refractivity contribution in [2.24, 2.45) is 7.05 Å². The van der Waals surface area contributed by atoms with Crippen molar-refractivity contribution in [1.82, 2.24) is 9.47 Å². The van der Waals surface area contributed by atoms with Crippen LogP contribution in [0.5, 0.6) is 0 Å². The zero-order valence-electron chi connectivity index (χ0n) is 11.7. The second-order valence-corrected chi connectivity index (χ2v) is 6.39. The molecule has 1 amide bonds. The van der Waals surface area contributed by atoms with Gasteiger partial charge in [-0.3, -0.25) is 9.69 Å². The Hall–Kier alpha value is -1.60. The number of aromatic nitrogens is 1. The van der Waals surface area contributed by atoms with Gasteiger partial charge >= 0.3 is 0 Å². The Balaban J connectivity index is 2.30. The van der Waals surface area contributed by atoms with Crippen LogP contribution in [0.4, 0.5) is 0 Å². The number of carbonyl (C=O) groups is 2. The molecule has 1 fully saturated rings. The molecule has 0 bridgehead atoms. The molecule has 0 aliphatic carbocycles. The van der Waals surface area contributed by atoms with Crippen molar-refractivity contribution < 1.29 is 14.7 Å². The fraction of sp³-hybridized carbons (Fsp3) is 0.357. The first-order valence-electron chi connectivity index (χ1n) is 6.55. The fourth-order valence-corrected chi connectivity index (χ4v) is 3.47. The number of amides is 1. The number of aryl methyl sites for hydroxylation is 1. The lowest BCUT2D eigenvalue weighted by atomic mass is 10.1. The van der Waals surface area contributed by atoms with Crippen molar-refractivity contribution >= 4 is 46.3 Å². The molecule has 5 nitrogen and oxygen atoms in total. The molecule has 7 heteroatoms. The molecule has 1 aliphatic rings. The molecule has 1 saturated heterocycles. The number of nitrogens with zero attached hydrogens (tertiary/aromatic N) is 2. The first-order chi connectivity index (χ1) is 9.95. The normalized spacial score (nSPS) is 18.6. The van der Waals surface area contributed by atoms with E-state index in [0.29, 0.717) is 17.7 Å². The van der Waals surface area contributed by atoms with Crippen molar-refractivity contribution in [3.8, 4) is 0 Å². The molecule has 0 unspecified atom stereocenters. The highest BCUT2D eigenvalue weighted by atomic mass is 32.2. The predicted octanol–water partition coefficient (Wildman–Crippen LogP) is 1.14. The van der Waals surface area contributed by atoms with Crippen molar-refractivity contribution in [1.29, 1.82) is 0 Å². The first-order valence-corrected chi connectivity index (χ1v) is 7.77. The Morgan fingerprint density at radius 1 is 1.57 bits per heavy atom. The molecular weight excluding hydrogens is 308 g/mol. The van der Waals surface area contributed by atoms with Gasteiger partial charge < -0.3 is 14.5 Å². The maximum Gasteiger partial charge on any atom is 0.266 e. The van der Waals surface area contributed by atoms with E-state index in [1.54, 1.807) is 6.08 Å². The molecule has 112 valence electrons. The van der Waals surface area contributed by atoms with E-state index in [2.05, 4.69) is 0 Å². The molecule has 21 heavy (non-hydrogen) atoms. The number of thiocarbonyl (C=S) groups is 1. The van der Waals surface area contributed by atoms with Gasteiger partial charge in [-0.05, 0) is 24.6 Å². The number of hydrogen-bond acceptors (Lipinski definition) is 5. The van der Waals surface area contributed by atoms with E-state index in [9.17, 15) is 14.7 Å². The minimum Gasteiger partial charge on any atom is -0.548 e. The van der Waals surface area contributed by atoms with E-state index >= 15 is 0 Å². The average molecular weight is 323 g/mol. The highest BCUT2D eigenvalue weighted by molar-refractivity contribution is 8.26. The number of aliphatic carboxylic acids is 1. The molecule has 0 saturated carbocycles. The molecule has 1 aliphatic heterocycles. The summed E-state index contributed by atoms with van der Waals surface area (Å²) in [5.74, 6) is -1.64. The van der Waals surface area contributed by atoms with Crippen LogP contribution in [0.2, 0.25) is 0 Å². The lowest BCUT2D eigenvalue weighted by molar-refractivity contribution is -0.310. The van der Waals surface area contributed by atoms with Gasteiger partial charge in [0.15, 0.2) is 0 Å². The number of rotatable bonds is 5. The minimum atomic E-state index is -1.27. The SMILES string of the molecule is CCC[C@H](C(=O)[O-])N1C(=O)C(=Cc2cccn2C)SC1=S. The van der Waals surface area contributed by atoms with Crippen LogP contribution in [0.15, 0.2) is 23.2 Å². The molecule has 1 aromatic heterocycles. The van der Waals surface area contributed by atoms with Crippen molar-refractivity contribution in [3.63, 3.8) is 0 Å². The Kier molecular flexibility index (Phi) is 4.84. The quantitative estimate of drug-likeness (QED) is 0.601. The van der Waals surface area contributed by atoms with E-state index in [-0.39, 0.29) is 10.2 Å². The van der Waals surface area contributed by atoms with Gasteiger partial charge in [0.05, 0.1) is 16.9 Å². The number of carboxylic acids is 1. The van der Waals surface area contributed by atoms with Gasteiger partial charge in [-0.2, -0.15) is 0 Å². The smallest absolute Gasteiger partial charge is 0.266 e. The summed E-state index contributed by atoms with van der Waals surface area (Å²) in [5.41, 5.74) is 0.857. The Bertz CT molecular complexity index is 621. The van der Waals surface area contributed by atoms with E-state index in [4.69, 9.17) is 12.2 Å². The van der Waals surface area contributed by atoms with Gasteiger partial charge in [-0.15, -0.1) is 0 Å². The average Bonchev–Trinajstić information content (AvgIpc) is 2.93. The summed E-state index contributed by atoms with van der Waals surface area (Å²) in [6.45, 7) is 1.85. The maximum atomic E-state index is 12.4. The third kappa shape index (κ3) is 3.19. The second-order valence-electron chi connectivity index (χ2n) is 4.72. The van der Waals surface area contributed by atoms with E-state index in [0.717, 1.165) is 22.4 Å². The minimum absolute atomic E-state index is 0.267. The molecule has 1 atom stereocenters. The van der Waals surface area contributed by atoms with Crippen LogP contribution in [-0.4, -0.2) is 31.7 Å². The van der Waals surface area contributed by atoms with Gasteiger partial charge in [0.1, 0.15) is 4.32 Å². The molecule has 0 radical (unpaired) electrons. The second kappa shape index (κ2) is 6.44. The lowest BCUT2D eigenvalue weighted by Crippen LogP contribution is -2.49. The first kappa shape index (κ1) is 15.8. The number of carbonyl (C=O) groups excluding carboxylic acids is 2. The van der Waals surface area contributed by atoms with Crippen LogP contribution in [0.3, 0.4) is 0 Å². The van der Waals surface area contributed by atoms with Gasteiger partial charge in [0.25, 0.3) is 5.91 Å². The maximum absolute atomic E-state index is 12.4. The van der Waals surface area contributed by atoms with Crippen LogP contribution in [0.25, 0.3) is 6.08 Å². The van der Waals surface area contributed by atoms with Crippen LogP contribution >= 0.6 is 24.0 Å². The standard InChI is InChI=1S/C14H16N2O3S2/c1-3-5-10(13(18)19)16-12(17)11(21-14(16)20)8-9-6-4-7-15(9)2/h4,6-8,10H,3,5H2,1-2H3,(H,18,19)/p-1/t10-/m1/s1. The van der Waals surface area contributed by atoms with Gasteiger partial charge in [-0.1, -0.05) is 37.3 Å². The van der Waals surface area contributed by atoms with E-state index in [1.807, 2.05) is 36.9 Å². The Morgan fingerprint density at radius 2 is 2.29 bits per heavy atom. The Morgan fingerprint density at radius 3 is 2.81 bits per heavy atom. The van der Waals surface area contributed by atoms with Crippen LogP contribution in [0, 0.1) is 0 Å². The van der Waals surface area contributed by atoms with Gasteiger partial charge in [0, 0.05) is 18.9 Å². The van der Waals surface area contributed by atoms with Gasteiger partial charge in [0.2, 0.25) is 0 Å². The van der Waals surface area contributed by atoms with Crippen molar-refractivity contribution in [2.75, 3.05) is 0 Å².